The van der Waals surface area contributed by atoms with Gasteiger partial charge in [-0.2, -0.15) is 0 Å². The maximum absolute atomic E-state index is 14.7. The van der Waals surface area contributed by atoms with Gasteiger partial charge >= 0.3 is 5.97 Å². The summed E-state index contributed by atoms with van der Waals surface area (Å²) in [5, 5.41) is 12.9. The van der Waals surface area contributed by atoms with Gasteiger partial charge in [-0.3, -0.25) is 0 Å². The fraction of sp³-hybridized carbons (Fsp3) is 0.222. The number of halogens is 1. The highest BCUT2D eigenvalue weighted by atomic mass is 19.1. The number of nitrogens with zero attached hydrogens (tertiary/aromatic N) is 1. The minimum absolute atomic E-state index is 0.0191. The molecule has 1 aliphatic heterocycles. The Hall–Kier alpha value is -2.69. The molecule has 2 aromatic rings. The van der Waals surface area contributed by atoms with Crippen LogP contribution in [0.4, 0.5) is 4.39 Å². The predicted octanol–water partition coefficient (Wildman–Crippen LogP) is 3.49. The molecule has 118 valence electrons. The molecule has 0 bridgehead atoms. The summed E-state index contributed by atoms with van der Waals surface area (Å²) in [5.74, 6) is -1.58. The van der Waals surface area contributed by atoms with E-state index in [4.69, 9.17) is 4.84 Å². The summed E-state index contributed by atoms with van der Waals surface area (Å²) < 4.78 is 14.7. The lowest BCUT2D eigenvalue weighted by Gasteiger charge is -2.28. The number of benzene rings is 2. The van der Waals surface area contributed by atoms with Crippen molar-refractivity contribution in [2.24, 2.45) is 5.16 Å². The van der Waals surface area contributed by atoms with Crippen LogP contribution in [0.5, 0.6) is 0 Å². The maximum Gasteiger partial charge on any atom is 0.353 e. The lowest BCUT2D eigenvalue weighted by Crippen LogP contribution is -2.30. The van der Waals surface area contributed by atoms with Gasteiger partial charge < -0.3 is 9.94 Å². The van der Waals surface area contributed by atoms with Crippen molar-refractivity contribution in [2.75, 3.05) is 0 Å². The molecule has 0 saturated heterocycles. The van der Waals surface area contributed by atoms with E-state index >= 15 is 0 Å². The first-order valence-corrected chi connectivity index (χ1v) is 7.39. The smallest absolute Gasteiger partial charge is 0.353 e. The second kappa shape index (κ2) is 5.83. The van der Waals surface area contributed by atoms with Crippen LogP contribution in [-0.2, 0) is 21.7 Å². The van der Waals surface area contributed by atoms with Crippen LogP contribution in [0, 0.1) is 5.82 Å². The van der Waals surface area contributed by atoms with Crippen LogP contribution in [0.15, 0.2) is 53.7 Å². The lowest BCUT2D eigenvalue weighted by molar-refractivity contribution is -0.129. The van der Waals surface area contributed by atoms with Crippen LogP contribution in [0.3, 0.4) is 0 Å². The predicted molar refractivity (Wildman–Crippen MR) is 83.8 cm³/mol. The van der Waals surface area contributed by atoms with Crippen LogP contribution >= 0.6 is 0 Å². The summed E-state index contributed by atoms with van der Waals surface area (Å²) in [6.45, 7) is 1.94. The molecule has 1 unspecified atom stereocenters. The lowest BCUT2D eigenvalue weighted by atomic mass is 9.82. The van der Waals surface area contributed by atoms with E-state index in [9.17, 15) is 14.3 Å². The third kappa shape index (κ3) is 2.59. The van der Waals surface area contributed by atoms with Crippen LogP contribution in [0.2, 0.25) is 0 Å². The Bertz CT molecular complexity index is 773. The Kier molecular flexibility index (Phi) is 3.86. The molecule has 0 radical (unpaired) electrons. The SMILES string of the molecule is CCc1ccc(C2(c3ccccc3)CC(C(=O)O)=NO2)c(F)c1. The highest BCUT2D eigenvalue weighted by Gasteiger charge is 2.46. The monoisotopic (exact) mass is 313 g/mol. The van der Waals surface area contributed by atoms with Gasteiger partial charge in [0.2, 0.25) is 0 Å². The molecule has 0 aliphatic carbocycles. The largest absolute Gasteiger partial charge is 0.477 e. The average Bonchev–Trinajstić information content (AvgIpc) is 3.02. The van der Waals surface area contributed by atoms with Gasteiger partial charge in [0.25, 0.3) is 0 Å². The number of rotatable bonds is 4. The zero-order chi connectivity index (χ0) is 16.4. The fourth-order valence-corrected chi connectivity index (χ4v) is 2.82. The minimum Gasteiger partial charge on any atom is -0.477 e. The number of carbonyl (C=O) groups is 1. The molecule has 2 aromatic carbocycles. The standard InChI is InChI=1S/C18H16FNO3/c1-2-12-8-9-14(15(19)10-12)18(13-6-4-3-5-7-13)11-16(17(21)22)20-23-18/h3-10H,2,11H2,1H3,(H,21,22). The van der Waals surface area contributed by atoms with Crippen molar-refractivity contribution in [3.63, 3.8) is 0 Å². The Labute approximate surface area is 133 Å². The number of hydrogen-bond donors (Lipinski definition) is 1. The Morgan fingerprint density at radius 3 is 2.61 bits per heavy atom. The normalized spacial score (nSPS) is 20.0. The average molecular weight is 313 g/mol. The van der Waals surface area contributed by atoms with Gasteiger partial charge in [0, 0.05) is 11.1 Å². The Balaban J connectivity index is 2.13. The van der Waals surface area contributed by atoms with Crippen LogP contribution < -0.4 is 0 Å². The summed E-state index contributed by atoms with van der Waals surface area (Å²) >= 11 is 0. The molecule has 0 fully saturated rings. The summed E-state index contributed by atoms with van der Waals surface area (Å²) in [4.78, 5) is 16.7. The third-order valence-corrected chi connectivity index (χ3v) is 4.09. The van der Waals surface area contributed by atoms with Crippen molar-refractivity contribution in [1.82, 2.24) is 0 Å². The second-order valence-electron chi connectivity index (χ2n) is 5.47. The first kappa shape index (κ1) is 15.2. The molecule has 5 heteroatoms. The highest BCUT2D eigenvalue weighted by molar-refractivity contribution is 6.36. The molecule has 1 heterocycles. The van der Waals surface area contributed by atoms with Crippen LogP contribution in [0.25, 0.3) is 0 Å². The number of aliphatic carboxylic acids is 1. The van der Waals surface area contributed by atoms with Gasteiger partial charge in [-0.1, -0.05) is 54.5 Å². The summed E-state index contributed by atoms with van der Waals surface area (Å²) in [6, 6.07) is 14.0. The topological polar surface area (TPSA) is 58.9 Å². The molecule has 23 heavy (non-hydrogen) atoms. The Morgan fingerprint density at radius 1 is 1.30 bits per heavy atom. The van der Waals surface area contributed by atoms with Crippen molar-refractivity contribution in [2.45, 2.75) is 25.4 Å². The third-order valence-electron chi connectivity index (χ3n) is 4.09. The van der Waals surface area contributed by atoms with Crippen molar-refractivity contribution < 1.29 is 19.1 Å². The van der Waals surface area contributed by atoms with E-state index in [0.29, 0.717) is 17.5 Å². The van der Waals surface area contributed by atoms with E-state index in [1.54, 1.807) is 30.3 Å². The quantitative estimate of drug-likeness (QED) is 0.940. The number of hydrogen-bond acceptors (Lipinski definition) is 3. The first-order valence-electron chi connectivity index (χ1n) is 7.39. The van der Waals surface area contributed by atoms with Gasteiger partial charge in [-0.15, -0.1) is 0 Å². The first-order chi connectivity index (χ1) is 11.1. The number of carboxylic acid groups (broad SMARTS) is 1. The zero-order valence-electron chi connectivity index (χ0n) is 12.6. The van der Waals surface area contributed by atoms with Crippen molar-refractivity contribution in [3.8, 4) is 0 Å². The number of carboxylic acids is 1. The van der Waals surface area contributed by atoms with Crippen LogP contribution in [0.1, 0.15) is 30.0 Å². The molecule has 3 rings (SSSR count). The van der Waals surface area contributed by atoms with Crippen molar-refractivity contribution in [1.29, 1.82) is 0 Å². The van der Waals surface area contributed by atoms with Gasteiger partial charge in [0.1, 0.15) is 5.82 Å². The highest BCUT2D eigenvalue weighted by Crippen LogP contribution is 2.42. The number of aryl methyl sites for hydroxylation is 1. The van der Waals surface area contributed by atoms with Crippen molar-refractivity contribution in [3.05, 3.63) is 71.0 Å². The zero-order valence-corrected chi connectivity index (χ0v) is 12.6. The van der Waals surface area contributed by atoms with E-state index in [1.807, 2.05) is 19.1 Å². The molecule has 0 amide bonds. The summed E-state index contributed by atoms with van der Waals surface area (Å²) in [7, 11) is 0. The van der Waals surface area contributed by atoms with Gasteiger partial charge in [-0.25, -0.2) is 9.18 Å². The molecule has 0 aromatic heterocycles. The molecular weight excluding hydrogens is 297 g/mol. The van der Waals surface area contributed by atoms with E-state index in [2.05, 4.69) is 5.16 Å². The van der Waals surface area contributed by atoms with E-state index < -0.39 is 17.4 Å². The van der Waals surface area contributed by atoms with Crippen LogP contribution in [-0.4, -0.2) is 16.8 Å². The van der Waals surface area contributed by atoms with Gasteiger partial charge in [0.05, 0.1) is 6.42 Å². The van der Waals surface area contributed by atoms with E-state index in [-0.39, 0.29) is 12.1 Å². The summed E-state index contributed by atoms with van der Waals surface area (Å²) in [6.07, 6.45) is 0.696. The molecular formula is C18H16FNO3. The Morgan fingerprint density at radius 2 is 2.04 bits per heavy atom. The molecule has 1 N–H and O–H groups in total. The fourth-order valence-electron chi connectivity index (χ4n) is 2.82. The van der Waals surface area contributed by atoms with Gasteiger partial charge in [0.15, 0.2) is 11.3 Å². The van der Waals surface area contributed by atoms with Crippen molar-refractivity contribution >= 4 is 11.7 Å². The molecule has 4 nitrogen and oxygen atoms in total. The minimum atomic E-state index is -1.24. The molecule has 1 atom stereocenters. The van der Waals surface area contributed by atoms with E-state index in [1.165, 1.54) is 6.07 Å². The maximum atomic E-state index is 14.7. The molecule has 0 saturated carbocycles. The molecule has 1 aliphatic rings. The van der Waals surface area contributed by atoms with Gasteiger partial charge in [-0.05, 0) is 18.1 Å². The molecule has 0 spiro atoms. The number of oxime groups is 1. The van der Waals surface area contributed by atoms with E-state index in [0.717, 1.165) is 5.56 Å². The summed E-state index contributed by atoms with van der Waals surface area (Å²) in [5.41, 5.74) is 0.467. The second-order valence-corrected chi connectivity index (χ2v) is 5.47.